The van der Waals surface area contributed by atoms with Crippen LogP contribution in [0.2, 0.25) is 0 Å². The number of rotatable bonds is 6. The van der Waals surface area contributed by atoms with Gasteiger partial charge in [-0.3, -0.25) is 9.88 Å². The number of nitrogens with two attached hydrogens (primary N) is 1. The molecule has 3 aromatic rings. The number of hydrogen-bond acceptors (Lipinski definition) is 4. The molecule has 138 valence electrons. The molecule has 4 nitrogen and oxygen atoms in total. The Morgan fingerprint density at radius 1 is 0.963 bits per heavy atom. The normalized spacial score (nSPS) is 19.9. The summed E-state index contributed by atoms with van der Waals surface area (Å²) in [7, 11) is 0. The molecule has 0 aliphatic carbocycles. The van der Waals surface area contributed by atoms with Gasteiger partial charge in [-0.25, -0.2) is 0 Å². The van der Waals surface area contributed by atoms with Crippen LogP contribution in [0, 0.1) is 5.92 Å². The van der Waals surface area contributed by atoms with Crippen LogP contribution in [0.5, 0.6) is 11.5 Å². The Labute approximate surface area is 160 Å². The molecule has 2 heterocycles. The summed E-state index contributed by atoms with van der Waals surface area (Å²) in [6.45, 7) is 3.60. The molecule has 0 amide bonds. The van der Waals surface area contributed by atoms with Gasteiger partial charge >= 0.3 is 0 Å². The average molecular weight is 359 g/mol. The molecular formula is C23H25N3O. The second-order valence-electron chi connectivity index (χ2n) is 7.11. The number of ether oxygens (including phenoxy) is 1. The third-order valence-corrected chi connectivity index (χ3v) is 5.28. The number of para-hydroxylation sites is 1. The van der Waals surface area contributed by atoms with Crippen molar-refractivity contribution < 1.29 is 4.74 Å². The third-order valence-electron chi connectivity index (χ3n) is 5.28. The average Bonchev–Trinajstić information content (AvgIpc) is 3.14. The molecule has 2 atom stereocenters. The van der Waals surface area contributed by atoms with Gasteiger partial charge in [0.05, 0.1) is 6.20 Å². The number of benzene rings is 2. The van der Waals surface area contributed by atoms with E-state index in [9.17, 15) is 0 Å². The summed E-state index contributed by atoms with van der Waals surface area (Å²) < 4.78 is 6.07. The van der Waals surface area contributed by atoms with Crippen molar-refractivity contribution in [2.45, 2.75) is 12.5 Å². The maximum atomic E-state index is 6.09. The predicted octanol–water partition coefficient (Wildman–Crippen LogP) is 4.05. The van der Waals surface area contributed by atoms with E-state index in [4.69, 9.17) is 10.5 Å². The topological polar surface area (TPSA) is 51.4 Å². The molecule has 1 saturated heterocycles. The Morgan fingerprint density at radius 2 is 1.78 bits per heavy atom. The summed E-state index contributed by atoms with van der Waals surface area (Å²) in [5.41, 5.74) is 8.66. The van der Waals surface area contributed by atoms with Crippen LogP contribution in [0.1, 0.15) is 17.0 Å². The van der Waals surface area contributed by atoms with Gasteiger partial charge < -0.3 is 10.5 Å². The van der Waals surface area contributed by atoms with E-state index in [2.05, 4.69) is 52.3 Å². The lowest BCUT2D eigenvalue weighted by atomic mass is 9.89. The molecule has 0 unspecified atom stereocenters. The van der Waals surface area contributed by atoms with E-state index in [1.54, 1.807) is 12.4 Å². The Morgan fingerprint density at radius 3 is 2.56 bits per heavy atom. The molecule has 2 aromatic carbocycles. The molecule has 1 aliphatic rings. The Balaban J connectivity index is 1.50. The zero-order valence-corrected chi connectivity index (χ0v) is 15.4. The fourth-order valence-corrected chi connectivity index (χ4v) is 3.92. The lowest BCUT2D eigenvalue weighted by molar-refractivity contribution is 0.311. The van der Waals surface area contributed by atoms with Crippen molar-refractivity contribution in [1.29, 1.82) is 0 Å². The van der Waals surface area contributed by atoms with E-state index in [0.717, 1.165) is 31.1 Å². The molecule has 27 heavy (non-hydrogen) atoms. The summed E-state index contributed by atoms with van der Waals surface area (Å²) in [6, 6.07) is 22.8. The lowest BCUT2D eigenvalue weighted by Gasteiger charge is -2.18. The van der Waals surface area contributed by atoms with Crippen LogP contribution in [0.4, 0.5) is 0 Å². The summed E-state index contributed by atoms with van der Waals surface area (Å²) in [5.74, 6) is 2.62. The molecule has 0 saturated carbocycles. The Bertz CT molecular complexity index is 854. The highest BCUT2D eigenvalue weighted by molar-refractivity contribution is 5.37. The van der Waals surface area contributed by atoms with Crippen LogP contribution in [0.25, 0.3) is 0 Å². The summed E-state index contributed by atoms with van der Waals surface area (Å²) in [5, 5.41) is 0. The fourth-order valence-electron chi connectivity index (χ4n) is 3.92. The number of aromatic nitrogens is 1. The van der Waals surface area contributed by atoms with E-state index in [1.807, 2.05) is 24.3 Å². The van der Waals surface area contributed by atoms with Gasteiger partial charge in [0.25, 0.3) is 0 Å². The smallest absolute Gasteiger partial charge is 0.145 e. The highest BCUT2D eigenvalue weighted by Crippen LogP contribution is 2.34. The molecule has 1 fully saturated rings. The maximum Gasteiger partial charge on any atom is 0.145 e. The first-order valence-corrected chi connectivity index (χ1v) is 9.46. The first-order valence-electron chi connectivity index (χ1n) is 9.46. The maximum absolute atomic E-state index is 6.09. The van der Waals surface area contributed by atoms with Gasteiger partial charge in [-0.1, -0.05) is 48.5 Å². The zero-order chi connectivity index (χ0) is 18.5. The summed E-state index contributed by atoms with van der Waals surface area (Å²) in [6.07, 6.45) is 3.49. The van der Waals surface area contributed by atoms with Crippen LogP contribution in [0.3, 0.4) is 0 Å². The second kappa shape index (κ2) is 8.33. The second-order valence-corrected chi connectivity index (χ2v) is 7.11. The van der Waals surface area contributed by atoms with Gasteiger partial charge in [-0.15, -0.1) is 0 Å². The van der Waals surface area contributed by atoms with Crippen LogP contribution < -0.4 is 10.5 Å². The van der Waals surface area contributed by atoms with Gasteiger partial charge in [-0.2, -0.15) is 0 Å². The van der Waals surface area contributed by atoms with Crippen LogP contribution >= 0.6 is 0 Å². The first-order chi connectivity index (χ1) is 13.3. The number of nitrogens with zero attached hydrogens (tertiary/aromatic N) is 2. The molecule has 4 heteroatoms. The van der Waals surface area contributed by atoms with E-state index in [1.165, 1.54) is 11.1 Å². The van der Waals surface area contributed by atoms with Crippen LogP contribution in [0.15, 0.2) is 79.1 Å². The van der Waals surface area contributed by atoms with Crippen molar-refractivity contribution in [3.63, 3.8) is 0 Å². The molecule has 1 aromatic heterocycles. The number of hydrogen-bond donors (Lipinski definition) is 1. The highest BCUT2D eigenvalue weighted by Gasteiger charge is 2.33. The molecule has 2 N–H and O–H groups in total. The van der Waals surface area contributed by atoms with Crippen molar-refractivity contribution in [1.82, 2.24) is 9.88 Å². The molecule has 1 aliphatic heterocycles. The molecule has 0 bridgehead atoms. The van der Waals surface area contributed by atoms with Crippen LogP contribution in [-0.4, -0.2) is 29.5 Å². The molecule has 0 radical (unpaired) electrons. The van der Waals surface area contributed by atoms with Gasteiger partial charge in [0.2, 0.25) is 0 Å². The Hall–Kier alpha value is -2.69. The Kier molecular flexibility index (Phi) is 5.47. The minimum absolute atomic E-state index is 0.485. The van der Waals surface area contributed by atoms with Gasteiger partial charge in [0.1, 0.15) is 11.5 Å². The summed E-state index contributed by atoms with van der Waals surface area (Å²) in [4.78, 5) is 6.62. The lowest BCUT2D eigenvalue weighted by Crippen LogP contribution is -2.23. The van der Waals surface area contributed by atoms with Crippen molar-refractivity contribution in [3.8, 4) is 11.5 Å². The van der Waals surface area contributed by atoms with E-state index in [0.29, 0.717) is 18.4 Å². The largest absolute Gasteiger partial charge is 0.455 e. The van der Waals surface area contributed by atoms with E-state index in [-0.39, 0.29) is 0 Å². The minimum atomic E-state index is 0.485. The number of likely N-dealkylation sites (tertiary alicyclic amines) is 1. The fraction of sp³-hybridized carbons (Fsp3) is 0.261. The highest BCUT2D eigenvalue weighted by atomic mass is 16.5. The van der Waals surface area contributed by atoms with E-state index < -0.39 is 0 Å². The van der Waals surface area contributed by atoms with Crippen molar-refractivity contribution in [2.75, 3.05) is 19.6 Å². The first kappa shape index (κ1) is 17.7. The van der Waals surface area contributed by atoms with Crippen molar-refractivity contribution in [3.05, 3.63) is 90.3 Å². The zero-order valence-electron chi connectivity index (χ0n) is 15.4. The predicted molar refractivity (Wildman–Crippen MR) is 108 cm³/mol. The minimum Gasteiger partial charge on any atom is -0.455 e. The molecule has 0 spiro atoms. The molecule has 4 rings (SSSR count). The van der Waals surface area contributed by atoms with Crippen molar-refractivity contribution >= 4 is 0 Å². The third kappa shape index (κ3) is 4.18. The van der Waals surface area contributed by atoms with Gasteiger partial charge in [-0.05, 0) is 36.2 Å². The SMILES string of the molecule is NC[C@@H]1CN(Cc2ccccc2Oc2cccnc2)C[C@H]1c1ccccc1. The molecular weight excluding hydrogens is 334 g/mol. The monoisotopic (exact) mass is 359 g/mol. The quantitative estimate of drug-likeness (QED) is 0.721. The van der Waals surface area contributed by atoms with E-state index >= 15 is 0 Å². The van der Waals surface area contributed by atoms with Crippen LogP contribution in [-0.2, 0) is 6.54 Å². The number of pyridine rings is 1. The summed E-state index contributed by atoms with van der Waals surface area (Å²) >= 11 is 0. The standard InChI is InChI=1S/C23H25N3O/c24-13-20-16-26(17-22(20)18-7-2-1-3-8-18)15-19-9-4-5-11-23(19)27-21-10-6-12-25-14-21/h1-12,14,20,22H,13,15-17,24H2/t20-,22+/m1/s1. The van der Waals surface area contributed by atoms with Gasteiger partial charge in [0.15, 0.2) is 0 Å². The van der Waals surface area contributed by atoms with Gasteiger partial charge in [0, 0.05) is 37.3 Å². The van der Waals surface area contributed by atoms with Crippen molar-refractivity contribution in [2.24, 2.45) is 11.7 Å².